The van der Waals surface area contributed by atoms with Crippen molar-refractivity contribution in [1.29, 1.82) is 0 Å². The fourth-order valence-electron chi connectivity index (χ4n) is 1.26. The lowest BCUT2D eigenvalue weighted by atomic mass is 10.3. The number of hydrogen-bond acceptors (Lipinski definition) is 4. The molecule has 1 amide bonds. The number of halogens is 2. The van der Waals surface area contributed by atoms with Crippen molar-refractivity contribution >= 4 is 56.1 Å². The van der Waals surface area contributed by atoms with Crippen molar-refractivity contribution in [2.75, 3.05) is 5.32 Å². The lowest BCUT2D eigenvalue weighted by Crippen LogP contribution is -2.12. The number of carboxylic acid groups (broad SMARTS) is 1. The molecule has 0 fully saturated rings. The minimum Gasteiger partial charge on any atom is -0.475 e. The molecule has 0 spiro atoms. The first-order chi connectivity index (χ1) is 8.97. The van der Waals surface area contributed by atoms with E-state index in [4.69, 9.17) is 5.11 Å². The SMILES string of the molecule is O=C(Nc1cc(I)ccc1Br)c1cc(C(=O)O)on1. The van der Waals surface area contributed by atoms with Crippen LogP contribution in [0.4, 0.5) is 5.69 Å². The summed E-state index contributed by atoms with van der Waals surface area (Å²) in [6.07, 6.45) is 0. The van der Waals surface area contributed by atoms with E-state index in [1.54, 1.807) is 12.1 Å². The van der Waals surface area contributed by atoms with E-state index < -0.39 is 11.9 Å². The number of hydrogen-bond donors (Lipinski definition) is 2. The zero-order chi connectivity index (χ0) is 14.0. The van der Waals surface area contributed by atoms with Gasteiger partial charge in [-0.3, -0.25) is 4.79 Å². The van der Waals surface area contributed by atoms with E-state index in [9.17, 15) is 9.59 Å². The van der Waals surface area contributed by atoms with Crippen molar-refractivity contribution in [2.24, 2.45) is 0 Å². The molecule has 0 aliphatic heterocycles. The number of anilines is 1. The highest BCUT2D eigenvalue weighted by Crippen LogP contribution is 2.24. The van der Waals surface area contributed by atoms with Crippen LogP contribution in [-0.4, -0.2) is 22.1 Å². The molecule has 8 heteroatoms. The number of benzene rings is 1. The van der Waals surface area contributed by atoms with E-state index in [0.717, 1.165) is 9.64 Å². The molecule has 0 aliphatic rings. The highest BCUT2D eigenvalue weighted by Gasteiger charge is 2.17. The minimum absolute atomic E-state index is 0.0943. The van der Waals surface area contributed by atoms with E-state index >= 15 is 0 Å². The van der Waals surface area contributed by atoms with Gasteiger partial charge in [0.1, 0.15) is 0 Å². The molecule has 0 radical (unpaired) electrons. The zero-order valence-corrected chi connectivity index (χ0v) is 12.9. The van der Waals surface area contributed by atoms with Crippen LogP contribution < -0.4 is 5.32 Å². The Morgan fingerprint density at radius 3 is 2.74 bits per heavy atom. The Kier molecular flexibility index (Phi) is 4.20. The molecular weight excluding hydrogens is 431 g/mol. The average Bonchev–Trinajstić information content (AvgIpc) is 2.83. The standard InChI is InChI=1S/C11H6BrIN2O4/c12-6-2-1-5(13)3-7(6)14-10(16)8-4-9(11(17)18)19-15-8/h1-4H,(H,14,16)(H,17,18). The van der Waals surface area contributed by atoms with Gasteiger partial charge in [0.25, 0.3) is 5.91 Å². The number of aromatic carboxylic acids is 1. The number of carbonyl (C=O) groups excluding carboxylic acids is 1. The van der Waals surface area contributed by atoms with Gasteiger partial charge in [0.05, 0.1) is 5.69 Å². The molecule has 6 nitrogen and oxygen atoms in total. The molecule has 19 heavy (non-hydrogen) atoms. The van der Waals surface area contributed by atoms with Gasteiger partial charge < -0.3 is 14.9 Å². The van der Waals surface area contributed by atoms with Gasteiger partial charge in [0.15, 0.2) is 5.69 Å². The first-order valence-electron chi connectivity index (χ1n) is 4.94. The lowest BCUT2D eigenvalue weighted by Gasteiger charge is -2.05. The predicted molar refractivity (Wildman–Crippen MR) is 78.3 cm³/mol. The number of carboxylic acids is 1. The van der Waals surface area contributed by atoms with E-state index in [1.807, 2.05) is 6.07 Å². The monoisotopic (exact) mass is 436 g/mol. The molecule has 0 atom stereocenters. The third-order valence-electron chi connectivity index (χ3n) is 2.13. The van der Waals surface area contributed by atoms with Crippen LogP contribution in [0.15, 0.2) is 33.3 Å². The molecule has 2 N–H and O–H groups in total. The van der Waals surface area contributed by atoms with E-state index in [2.05, 4.69) is 53.5 Å². The van der Waals surface area contributed by atoms with Gasteiger partial charge in [-0.25, -0.2) is 4.79 Å². The molecule has 0 unspecified atom stereocenters. The Balaban J connectivity index is 2.20. The van der Waals surface area contributed by atoms with Crippen LogP contribution in [0.25, 0.3) is 0 Å². The molecule has 2 aromatic rings. The van der Waals surface area contributed by atoms with Crippen LogP contribution in [0.5, 0.6) is 0 Å². The van der Waals surface area contributed by atoms with E-state index in [1.165, 1.54) is 0 Å². The fourth-order valence-corrected chi connectivity index (χ4v) is 2.10. The van der Waals surface area contributed by atoms with Crippen molar-refractivity contribution in [1.82, 2.24) is 5.16 Å². The normalized spacial score (nSPS) is 10.2. The number of rotatable bonds is 3. The molecule has 98 valence electrons. The smallest absolute Gasteiger partial charge is 0.374 e. The number of nitrogens with zero attached hydrogens (tertiary/aromatic N) is 1. The molecule has 0 saturated carbocycles. The van der Waals surface area contributed by atoms with Crippen molar-refractivity contribution < 1.29 is 19.2 Å². The molecule has 0 aliphatic carbocycles. The maximum Gasteiger partial charge on any atom is 0.374 e. The van der Waals surface area contributed by atoms with Gasteiger partial charge in [-0.2, -0.15) is 0 Å². The Bertz CT molecular complexity index is 656. The van der Waals surface area contributed by atoms with E-state index in [0.29, 0.717) is 10.2 Å². The maximum atomic E-state index is 11.9. The highest BCUT2D eigenvalue weighted by molar-refractivity contribution is 14.1. The largest absolute Gasteiger partial charge is 0.475 e. The summed E-state index contributed by atoms with van der Waals surface area (Å²) in [5, 5.41) is 14.7. The second kappa shape index (κ2) is 5.70. The van der Waals surface area contributed by atoms with Crippen LogP contribution in [0.3, 0.4) is 0 Å². The van der Waals surface area contributed by atoms with Gasteiger partial charge in [0, 0.05) is 14.1 Å². The Morgan fingerprint density at radius 1 is 1.37 bits per heavy atom. The van der Waals surface area contributed by atoms with Crippen molar-refractivity contribution in [2.45, 2.75) is 0 Å². The first kappa shape index (κ1) is 14.0. The fraction of sp³-hybridized carbons (Fsp3) is 0. The van der Waals surface area contributed by atoms with Gasteiger partial charge in [0.2, 0.25) is 5.76 Å². The predicted octanol–water partition coefficient (Wildman–Crippen LogP) is 2.99. The number of carbonyl (C=O) groups is 2. The van der Waals surface area contributed by atoms with Crippen LogP contribution in [0.1, 0.15) is 21.0 Å². The van der Waals surface area contributed by atoms with Crippen LogP contribution in [0.2, 0.25) is 0 Å². The third-order valence-corrected chi connectivity index (χ3v) is 3.49. The van der Waals surface area contributed by atoms with Crippen molar-refractivity contribution in [3.8, 4) is 0 Å². The van der Waals surface area contributed by atoms with Gasteiger partial charge in [-0.05, 0) is 56.7 Å². The van der Waals surface area contributed by atoms with E-state index in [-0.39, 0.29) is 11.5 Å². The van der Waals surface area contributed by atoms with Crippen LogP contribution >= 0.6 is 38.5 Å². The molecule has 2 rings (SSSR count). The third kappa shape index (κ3) is 3.32. The minimum atomic E-state index is -1.28. The molecular formula is C11H6BrIN2O4. The topological polar surface area (TPSA) is 92.4 Å². The first-order valence-corrected chi connectivity index (χ1v) is 6.81. The lowest BCUT2D eigenvalue weighted by molar-refractivity contribution is 0.0651. The summed E-state index contributed by atoms with van der Waals surface area (Å²) in [4.78, 5) is 22.5. The van der Waals surface area contributed by atoms with Crippen LogP contribution in [-0.2, 0) is 0 Å². The van der Waals surface area contributed by atoms with Gasteiger partial charge in [-0.1, -0.05) is 5.16 Å². The summed E-state index contributed by atoms with van der Waals surface area (Å²) in [5.41, 5.74) is 0.472. The number of nitrogens with one attached hydrogen (secondary N) is 1. The summed E-state index contributed by atoms with van der Waals surface area (Å²) in [6, 6.07) is 6.50. The molecule has 1 heterocycles. The summed E-state index contributed by atoms with van der Waals surface area (Å²) >= 11 is 5.42. The summed E-state index contributed by atoms with van der Waals surface area (Å²) in [6.45, 7) is 0. The zero-order valence-electron chi connectivity index (χ0n) is 9.18. The average molecular weight is 437 g/mol. The second-order valence-electron chi connectivity index (χ2n) is 3.46. The van der Waals surface area contributed by atoms with Crippen molar-refractivity contribution in [3.63, 3.8) is 0 Å². The number of aromatic nitrogens is 1. The highest BCUT2D eigenvalue weighted by atomic mass is 127. The van der Waals surface area contributed by atoms with Gasteiger partial charge >= 0.3 is 5.97 Å². The van der Waals surface area contributed by atoms with Crippen molar-refractivity contribution in [3.05, 3.63) is 43.8 Å². The Labute approximate surface area is 129 Å². The van der Waals surface area contributed by atoms with Gasteiger partial charge in [-0.15, -0.1) is 0 Å². The molecule has 0 bridgehead atoms. The summed E-state index contributed by atoms with van der Waals surface area (Å²) in [7, 11) is 0. The Hall–Kier alpha value is -1.42. The Morgan fingerprint density at radius 2 is 2.11 bits per heavy atom. The van der Waals surface area contributed by atoms with Crippen LogP contribution in [0, 0.1) is 3.57 Å². The summed E-state index contributed by atoms with van der Waals surface area (Å²) in [5.74, 6) is -2.20. The maximum absolute atomic E-state index is 11.9. The second-order valence-corrected chi connectivity index (χ2v) is 5.56. The molecule has 1 aromatic heterocycles. The molecule has 0 saturated heterocycles. The summed E-state index contributed by atoms with van der Waals surface area (Å²) < 4.78 is 6.17. The number of amides is 1. The quantitative estimate of drug-likeness (QED) is 0.721. The molecule has 1 aromatic carbocycles.